The molecule has 4 heteroatoms. The van der Waals surface area contributed by atoms with Crippen molar-refractivity contribution in [2.24, 2.45) is 0 Å². The Kier molecular flexibility index (Phi) is 5.54. The highest BCUT2D eigenvalue weighted by Gasteiger charge is 2.06. The number of hydrogen-bond donors (Lipinski definition) is 1. The van der Waals surface area contributed by atoms with Crippen LogP contribution in [0.5, 0.6) is 0 Å². The average Bonchev–Trinajstić information content (AvgIpc) is 2.64. The second-order valence-electron chi connectivity index (χ2n) is 5.64. The summed E-state index contributed by atoms with van der Waals surface area (Å²) in [5.74, 6) is -0.635. The highest BCUT2D eigenvalue weighted by Crippen LogP contribution is 2.13. The van der Waals surface area contributed by atoms with Gasteiger partial charge in [-0.15, -0.1) is 0 Å². The largest absolute Gasteiger partial charge is 0.372 e. The third-order valence-electron chi connectivity index (χ3n) is 3.70. The van der Waals surface area contributed by atoms with Gasteiger partial charge in [-0.1, -0.05) is 42.5 Å². The standard InChI is InChI=1S/C21H18FNO2/c22-19-10-8-18(9-11-19)21(24)23-20-12-6-17(7-13-20)15-25-14-16-4-2-1-3-5-16/h1-13H,14-15H2,(H,23,24). The maximum atomic E-state index is 12.9. The number of halogens is 1. The van der Waals surface area contributed by atoms with Crippen molar-refractivity contribution in [3.63, 3.8) is 0 Å². The minimum absolute atomic E-state index is 0.270. The van der Waals surface area contributed by atoms with Crippen molar-refractivity contribution in [2.75, 3.05) is 5.32 Å². The molecule has 0 fully saturated rings. The number of amides is 1. The molecule has 0 bridgehead atoms. The van der Waals surface area contributed by atoms with Gasteiger partial charge in [0.25, 0.3) is 5.91 Å². The number of hydrogen-bond acceptors (Lipinski definition) is 2. The topological polar surface area (TPSA) is 38.3 Å². The van der Waals surface area contributed by atoms with Crippen LogP contribution in [0.4, 0.5) is 10.1 Å². The molecule has 0 spiro atoms. The van der Waals surface area contributed by atoms with Crippen LogP contribution >= 0.6 is 0 Å². The van der Waals surface area contributed by atoms with Gasteiger partial charge in [-0.05, 0) is 47.5 Å². The predicted molar refractivity (Wildman–Crippen MR) is 95.7 cm³/mol. The molecule has 0 saturated heterocycles. The molecule has 0 aliphatic carbocycles. The van der Waals surface area contributed by atoms with Gasteiger partial charge in [0.1, 0.15) is 5.82 Å². The molecule has 0 atom stereocenters. The van der Waals surface area contributed by atoms with Crippen LogP contribution in [0.15, 0.2) is 78.9 Å². The van der Waals surface area contributed by atoms with E-state index in [0.29, 0.717) is 24.5 Å². The van der Waals surface area contributed by atoms with Crippen molar-refractivity contribution in [2.45, 2.75) is 13.2 Å². The normalized spacial score (nSPS) is 10.4. The molecule has 0 unspecified atom stereocenters. The van der Waals surface area contributed by atoms with Crippen molar-refractivity contribution in [3.05, 3.63) is 101 Å². The zero-order chi connectivity index (χ0) is 17.5. The zero-order valence-corrected chi connectivity index (χ0v) is 13.6. The van der Waals surface area contributed by atoms with Crippen molar-refractivity contribution in [1.82, 2.24) is 0 Å². The molecule has 1 N–H and O–H groups in total. The summed E-state index contributed by atoms with van der Waals surface area (Å²) in [6.45, 7) is 1.06. The van der Waals surface area contributed by atoms with E-state index in [1.165, 1.54) is 24.3 Å². The van der Waals surface area contributed by atoms with Crippen molar-refractivity contribution < 1.29 is 13.9 Å². The van der Waals surface area contributed by atoms with Crippen molar-refractivity contribution in [1.29, 1.82) is 0 Å². The fourth-order valence-corrected chi connectivity index (χ4v) is 2.35. The molecular formula is C21H18FNO2. The molecule has 1 amide bonds. The second kappa shape index (κ2) is 8.22. The van der Waals surface area contributed by atoms with Gasteiger partial charge in [0.05, 0.1) is 13.2 Å². The van der Waals surface area contributed by atoms with Gasteiger partial charge in [-0.25, -0.2) is 4.39 Å². The highest BCUT2D eigenvalue weighted by molar-refractivity contribution is 6.04. The van der Waals surface area contributed by atoms with E-state index in [0.717, 1.165) is 11.1 Å². The van der Waals surface area contributed by atoms with Crippen LogP contribution in [0.2, 0.25) is 0 Å². The molecule has 0 aliphatic rings. The molecule has 0 aromatic heterocycles. The Labute approximate surface area is 146 Å². The molecule has 0 saturated carbocycles. The van der Waals surface area contributed by atoms with Crippen LogP contribution in [-0.4, -0.2) is 5.91 Å². The van der Waals surface area contributed by atoms with Crippen molar-refractivity contribution in [3.8, 4) is 0 Å². The molecule has 3 aromatic carbocycles. The van der Waals surface area contributed by atoms with Gasteiger partial charge in [0.2, 0.25) is 0 Å². The molecule has 3 nitrogen and oxygen atoms in total. The first-order chi connectivity index (χ1) is 12.2. The van der Waals surface area contributed by atoms with Crippen LogP contribution in [0.3, 0.4) is 0 Å². The smallest absolute Gasteiger partial charge is 0.255 e. The summed E-state index contributed by atoms with van der Waals surface area (Å²) in [7, 11) is 0. The molecule has 0 heterocycles. The van der Waals surface area contributed by atoms with Gasteiger partial charge in [0.15, 0.2) is 0 Å². The number of ether oxygens (including phenoxy) is 1. The number of rotatable bonds is 6. The summed E-state index contributed by atoms with van der Waals surface area (Å²) in [4.78, 5) is 12.1. The summed E-state index contributed by atoms with van der Waals surface area (Å²) >= 11 is 0. The second-order valence-corrected chi connectivity index (χ2v) is 5.64. The summed E-state index contributed by atoms with van der Waals surface area (Å²) < 4.78 is 18.6. The van der Waals surface area contributed by atoms with E-state index in [-0.39, 0.29) is 11.7 Å². The number of anilines is 1. The number of carbonyl (C=O) groups excluding carboxylic acids is 1. The third kappa shape index (κ3) is 4.99. The number of nitrogens with one attached hydrogen (secondary N) is 1. The summed E-state index contributed by atoms with van der Waals surface area (Å²) in [6.07, 6.45) is 0. The van der Waals surface area contributed by atoms with Crippen LogP contribution in [0, 0.1) is 5.82 Å². The van der Waals surface area contributed by atoms with Gasteiger partial charge < -0.3 is 10.1 Å². The van der Waals surface area contributed by atoms with Gasteiger partial charge in [-0.3, -0.25) is 4.79 Å². The lowest BCUT2D eigenvalue weighted by Gasteiger charge is -2.08. The predicted octanol–water partition coefficient (Wildman–Crippen LogP) is 4.79. The lowest BCUT2D eigenvalue weighted by molar-refractivity contribution is 0.102. The van der Waals surface area contributed by atoms with E-state index in [1.807, 2.05) is 54.6 Å². The summed E-state index contributed by atoms with van der Waals surface area (Å²) in [5, 5.41) is 2.78. The SMILES string of the molecule is O=C(Nc1ccc(COCc2ccccc2)cc1)c1ccc(F)cc1. The summed E-state index contributed by atoms with van der Waals surface area (Å²) in [6, 6.07) is 22.9. The molecule has 0 aliphatic heterocycles. The molecular weight excluding hydrogens is 317 g/mol. The highest BCUT2D eigenvalue weighted by atomic mass is 19.1. The molecule has 0 radical (unpaired) electrons. The Morgan fingerprint density at radius 2 is 1.40 bits per heavy atom. The fraction of sp³-hybridized carbons (Fsp3) is 0.0952. The maximum absolute atomic E-state index is 12.9. The van der Waals surface area contributed by atoms with E-state index in [2.05, 4.69) is 5.32 Å². The Morgan fingerprint density at radius 3 is 2.04 bits per heavy atom. The van der Waals surface area contributed by atoms with Crippen LogP contribution in [-0.2, 0) is 18.0 Å². The van der Waals surface area contributed by atoms with E-state index in [4.69, 9.17) is 4.74 Å². The Morgan fingerprint density at radius 1 is 0.800 bits per heavy atom. The first kappa shape index (κ1) is 16.9. The summed E-state index contributed by atoms with van der Waals surface area (Å²) in [5.41, 5.74) is 3.25. The number of benzene rings is 3. The van der Waals surface area contributed by atoms with Gasteiger partial charge >= 0.3 is 0 Å². The Hall–Kier alpha value is -2.98. The zero-order valence-electron chi connectivity index (χ0n) is 13.6. The van der Waals surface area contributed by atoms with Crippen molar-refractivity contribution >= 4 is 11.6 Å². The van der Waals surface area contributed by atoms with Gasteiger partial charge in [-0.2, -0.15) is 0 Å². The van der Waals surface area contributed by atoms with E-state index >= 15 is 0 Å². The van der Waals surface area contributed by atoms with Crippen LogP contribution in [0.1, 0.15) is 21.5 Å². The minimum atomic E-state index is -0.364. The minimum Gasteiger partial charge on any atom is -0.372 e. The number of carbonyl (C=O) groups is 1. The van der Waals surface area contributed by atoms with Gasteiger partial charge in [0, 0.05) is 11.3 Å². The average molecular weight is 335 g/mol. The van der Waals surface area contributed by atoms with E-state index in [1.54, 1.807) is 0 Å². The lowest BCUT2D eigenvalue weighted by Crippen LogP contribution is -2.11. The Bertz CT molecular complexity index is 815. The maximum Gasteiger partial charge on any atom is 0.255 e. The Balaban J connectivity index is 1.51. The quantitative estimate of drug-likeness (QED) is 0.703. The lowest BCUT2D eigenvalue weighted by atomic mass is 10.2. The fourth-order valence-electron chi connectivity index (χ4n) is 2.35. The first-order valence-corrected chi connectivity index (χ1v) is 7.98. The molecule has 126 valence electrons. The van der Waals surface area contributed by atoms with Crippen LogP contribution in [0.25, 0.3) is 0 Å². The van der Waals surface area contributed by atoms with Crippen LogP contribution < -0.4 is 5.32 Å². The molecule has 3 aromatic rings. The van der Waals surface area contributed by atoms with E-state index in [9.17, 15) is 9.18 Å². The molecule has 25 heavy (non-hydrogen) atoms. The first-order valence-electron chi connectivity index (χ1n) is 7.98. The van der Waals surface area contributed by atoms with E-state index < -0.39 is 0 Å². The third-order valence-corrected chi connectivity index (χ3v) is 3.70. The molecule has 3 rings (SSSR count). The monoisotopic (exact) mass is 335 g/mol.